The summed E-state index contributed by atoms with van der Waals surface area (Å²) in [5, 5.41) is 2.89. The second-order valence-electron chi connectivity index (χ2n) is 7.81. The van der Waals surface area contributed by atoms with E-state index in [0.29, 0.717) is 13.1 Å². The Kier molecular flexibility index (Phi) is 7.65. The van der Waals surface area contributed by atoms with Gasteiger partial charge >= 0.3 is 6.03 Å². The number of amides is 4. The molecule has 1 saturated heterocycles. The minimum absolute atomic E-state index is 0.0278. The van der Waals surface area contributed by atoms with Crippen molar-refractivity contribution in [3.63, 3.8) is 0 Å². The number of carbonyl (C=O) groups excluding carboxylic acids is 3. The highest BCUT2D eigenvalue weighted by atomic mass is 16.2. The molecule has 1 heterocycles. The van der Waals surface area contributed by atoms with Crippen LogP contribution in [0.15, 0.2) is 54.6 Å². The van der Waals surface area contributed by atoms with Crippen molar-refractivity contribution >= 4 is 23.5 Å². The smallest absolute Gasteiger partial charge is 0.318 e. The maximum absolute atomic E-state index is 12.9. The van der Waals surface area contributed by atoms with Gasteiger partial charge in [-0.2, -0.15) is 0 Å². The van der Waals surface area contributed by atoms with Crippen molar-refractivity contribution < 1.29 is 14.4 Å². The van der Waals surface area contributed by atoms with E-state index >= 15 is 0 Å². The third-order valence-corrected chi connectivity index (χ3v) is 5.29. The first-order valence-electron chi connectivity index (χ1n) is 10.7. The summed E-state index contributed by atoms with van der Waals surface area (Å²) in [6, 6.07) is 17.0. The fourth-order valence-corrected chi connectivity index (χ4v) is 3.49. The molecule has 164 valence electrons. The molecule has 0 aliphatic carbocycles. The van der Waals surface area contributed by atoms with Gasteiger partial charge in [0.15, 0.2) is 0 Å². The number of anilines is 1. The monoisotopic (exact) mass is 422 g/mol. The molecule has 0 saturated carbocycles. The minimum Gasteiger partial charge on any atom is -0.334 e. The first-order valence-corrected chi connectivity index (χ1v) is 10.7. The third kappa shape index (κ3) is 6.07. The van der Waals surface area contributed by atoms with E-state index in [2.05, 4.69) is 5.32 Å². The van der Waals surface area contributed by atoms with Gasteiger partial charge in [0.25, 0.3) is 0 Å². The number of carbonyl (C=O) groups is 3. The summed E-state index contributed by atoms with van der Waals surface area (Å²) in [5.74, 6) is -0.345. The number of unbranched alkanes of at least 4 members (excludes halogenated alkanes) is 1. The van der Waals surface area contributed by atoms with Gasteiger partial charge in [0.2, 0.25) is 11.8 Å². The van der Waals surface area contributed by atoms with Crippen LogP contribution in [0.1, 0.15) is 30.9 Å². The summed E-state index contributed by atoms with van der Waals surface area (Å²) >= 11 is 0. The number of aryl methyl sites for hydroxylation is 1. The van der Waals surface area contributed by atoms with Crippen LogP contribution in [-0.4, -0.2) is 53.9 Å². The average Bonchev–Trinajstić information content (AvgIpc) is 3.17. The van der Waals surface area contributed by atoms with Crippen molar-refractivity contribution in [2.24, 2.45) is 0 Å². The van der Waals surface area contributed by atoms with Crippen LogP contribution >= 0.6 is 0 Å². The van der Waals surface area contributed by atoms with Gasteiger partial charge in [0.1, 0.15) is 19.8 Å². The van der Waals surface area contributed by atoms with Gasteiger partial charge in [-0.25, -0.2) is 4.79 Å². The van der Waals surface area contributed by atoms with Gasteiger partial charge in [0, 0.05) is 18.8 Å². The molecule has 7 heteroatoms. The molecule has 1 aliphatic heterocycles. The summed E-state index contributed by atoms with van der Waals surface area (Å²) in [4.78, 5) is 42.8. The van der Waals surface area contributed by atoms with E-state index in [1.807, 2.05) is 68.4 Å². The minimum atomic E-state index is -0.272. The maximum Gasteiger partial charge on any atom is 0.318 e. The van der Waals surface area contributed by atoms with Crippen molar-refractivity contribution in [1.29, 1.82) is 0 Å². The van der Waals surface area contributed by atoms with Crippen LogP contribution < -0.4 is 10.2 Å². The van der Waals surface area contributed by atoms with E-state index in [4.69, 9.17) is 0 Å². The molecule has 1 fully saturated rings. The molecule has 0 unspecified atom stereocenters. The highest BCUT2D eigenvalue weighted by Gasteiger charge is 2.32. The van der Waals surface area contributed by atoms with Crippen LogP contribution in [0, 0.1) is 6.92 Å². The van der Waals surface area contributed by atoms with Gasteiger partial charge in [-0.15, -0.1) is 0 Å². The Morgan fingerprint density at radius 2 is 1.87 bits per heavy atom. The van der Waals surface area contributed by atoms with E-state index < -0.39 is 0 Å². The predicted molar refractivity (Wildman–Crippen MR) is 120 cm³/mol. The van der Waals surface area contributed by atoms with Crippen LogP contribution in [0.5, 0.6) is 0 Å². The molecule has 0 radical (unpaired) electrons. The average molecular weight is 423 g/mol. The van der Waals surface area contributed by atoms with Crippen LogP contribution in [0.4, 0.5) is 10.5 Å². The first-order chi connectivity index (χ1) is 15.0. The van der Waals surface area contributed by atoms with Crippen LogP contribution in [0.2, 0.25) is 0 Å². The van der Waals surface area contributed by atoms with Crippen molar-refractivity contribution in [3.8, 4) is 0 Å². The molecule has 0 spiro atoms. The Labute approximate surface area is 183 Å². The molecule has 0 aromatic heterocycles. The van der Waals surface area contributed by atoms with E-state index in [1.165, 1.54) is 9.80 Å². The molecule has 31 heavy (non-hydrogen) atoms. The van der Waals surface area contributed by atoms with Crippen molar-refractivity contribution in [3.05, 3.63) is 65.7 Å². The van der Waals surface area contributed by atoms with Crippen LogP contribution in [0.25, 0.3) is 0 Å². The number of nitrogens with one attached hydrogen (secondary N) is 1. The summed E-state index contributed by atoms with van der Waals surface area (Å²) in [5.41, 5.74) is 2.83. The molecular formula is C24H30N4O3. The number of hydrogen-bond donors (Lipinski definition) is 1. The van der Waals surface area contributed by atoms with Gasteiger partial charge in [-0.1, -0.05) is 55.8 Å². The molecule has 3 rings (SSSR count). The fraction of sp³-hybridized carbons (Fsp3) is 0.375. The molecule has 7 nitrogen and oxygen atoms in total. The molecule has 2 aromatic rings. The van der Waals surface area contributed by atoms with Crippen LogP contribution in [0.3, 0.4) is 0 Å². The lowest BCUT2D eigenvalue weighted by atomic mass is 10.2. The number of nitrogens with zero attached hydrogens (tertiary/aromatic N) is 3. The summed E-state index contributed by atoms with van der Waals surface area (Å²) in [6.45, 7) is 5.09. The maximum atomic E-state index is 12.9. The molecule has 1 aliphatic rings. The summed E-state index contributed by atoms with van der Waals surface area (Å²) < 4.78 is 0. The number of hydrogen-bond acceptors (Lipinski definition) is 3. The third-order valence-electron chi connectivity index (χ3n) is 5.29. The summed E-state index contributed by atoms with van der Waals surface area (Å²) in [7, 11) is 0. The molecule has 2 aromatic carbocycles. The standard InChI is InChI=1S/C24H30N4O3/c1-3-4-13-26(24(31)25-15-20-10-6-5-7-11-20)16-22(29)27-17-23(30)28(18-27)21-12-8-9-19(2)14-21/h5-12,14H,3-4,13,15-18H2,1-2H3,(H,25,31). The largest absolute Gasteiger partial charge is 0.334 e. The molecule has 0 bridgehead atoms. The van der Waals surface area contributed by atoms with Gasteiger partial charge in [0.05, 0.1) is 0 Å². The summed E-state index contributed by atoms with van der Waals surface area (Å²) in [6.07, 6.45) is 1.72. The Balaban J connectivity index is 1.60. The zero-order chi connectivity index (χ0) is 22.2. The van der Waals surface area contributed by atoms with Crippen LogP contribution in [-0.2, 0) is 16.1 Å². The van der Waals surface area contributed by atoms with Gasteiger partial charge in [-0.05, 0) is 36.6 Å². The highest BCUT2D eigenvalue weighted by Crippen LogP contribution is 2.20. The lowest BCUT2D eigenvalue weighted by Gasteiger charge is -2.25. The van der Waals surface area contributed by atoms with E-state index in [-0.39, 0.29) is 37.6 Å². The van der Waals surface area contributed by atoms with Crippen molar-refractivity contribution in [2.45, 2.75) is 33.2 Å². The molecule has 0 atom stereocenters. The molecular weight excluding hydrogens is 392 g/mol. The Bertz CT molecular complexity index is 916. The lowest BCUT2D eigenvalue weighted by Crippen LogP contribution is -2.46. The van der Waals surface area contributed by atoms with Crippen molar-refractivity contribution in [1.82, 2.24) is 15.1 Å². The number of benzene rings is 2. The van der Waals surface area contributed by atoms with Crippen molar-refractivity contribution in [2.75, 3.05) is 31.2 Å². The zero-order valence-corrected chi connectivity index (χ0v) is 18.2. The Morgan fingerprint density at radius 1 is 1.10 bits per heavy atom. The normalized spacial score (nSPS) is 13.4. The lowest BCUT2D eigenvalue weighted by molar-refractivity contribution is -0.132. The zero-order valence-electron chi connectivity index (χ0n) is 18.2. The molecule has 4 amide bonds. The predicted octanol–water partition coefficient (Wildman–Crippen LogP) is 3.14. The van der Waals surface area contributed by atoms with E-state index in [1.54, 1.807) is 4.90 Å². The highest BCUT2D eigenvalue weighted by molar-refractivity contribution is 6.00. The van der Waals surface area contributed by atoms with Gasteiger partial charge < -0.3 is 15.1 Å². The first kappa shape index (κ1) is 22.3. The van der Waals surface area contributed by atoms with E-state index in [0.717, 1.165) is 29.7 Å². The second-order valence-corrected chi connectivity index (χ2v) is 7.81. The topological polar surface area (TPSA) is 73.0 Å². The SMILES string of the molecule is CCCCN(CC(=O)N1CC(=O)N(c2cccc(C)c2)C1)C(=O)NCc1ccccc1. The number of rotatable bonds is 8. The van der Waals surface area contributed by atoms with Gasteiger partial charge in [-0.3, -0.25) is 14.5 Å². The Morgan fingerprint density at radius 3 is 2.58 bits per heavy atom. The quantitative estimate of drug-likeness (QED) is 0.710. The number of urea groups is 1. The molecule has 1 N–H and O–H groups in total. The second kappa shape index (κ2) is 10.6. The Hall–Kier alpha value is -3.35. The fourth-order valence-electron chi connectivity index (χ4n) is 3.49. The van der Waals surface area contributed by atoms with E-state index in [9.17, 15) is 14.4 Å².